The van der Waals surface area contributed by atoms with E-state index in [0.717, 1.165) is 5.56 Å². The molecular weight excluding hydrogens is 179 g/mol. The van der Waals surface area contributed by atoms with Gasteiger partial charge in [-0.3, -0.25) is 4.90 Å². The van der Waals surface area contributed by atoms with Crippen LogP contribution in [0.4, 0.5) is 4.39 Å². The Kier molecular flexibility index (Phi) is 3.61. The lowest BCUT2D eigenvalue weighted by molar-refractivity contribution is 0.264. The number of rotatable bonds is 3. The van der Waals surface area contributed by atoms with E-state index in [-0.39, 0.29) is 12.0 Å². The Balaban J connectivity index is 3.00. The van der Waals surface area contributed by atoms with Gasteiger partial charge in [0.15, 0.2) is 0 Å². The Labute approximate surface area is 84.7 Å². The van der Waals surface area contributed by atoms with Gasteiger partial charge < -0.3 is 5.32 Å². The molecule has 1 atom stereocenters. The first-order valence-electron chi connectivity index (χ1n) is 4.66. The van der Waals surface area contributed by atoms with Gasteiger partial charge in [0.1, 0.15) is 5.82 Å². The monoisotopic (exact) mass is 196 g/mol. The van der Waals surface area contributed by atoms with Gasteiger partial charge in [-0.05, 0) is 45.3 Å². The molecule has 0 saturated heterocycles. The van der Waals surface area contributed by atoms with Crippen LogP contribution in [0, 0.1) is 12.7 Å². The van der Waals surface area contributed by atoms with E-state index in [9.17, 15) is 4.39 Å². The lowest BCUT2D eigenvalue weighted by Crippen LogP contribution is -2.30. The molecule has 1 aromatic carbocycles. The van der Waals surface area contributed by atoms with Crippen LogP contribution in [0.15, 0.2) is 18.2 Å². The molecule has 0 aliphatic rings. The zero-order valence-electron chi connectivity index (χ0n) is 9.13. The van der Waals surface area contributed by atoms with E-state index in [2.05, 4.69) is 5.32 Å². The standard InChI is InChI=1S/C11H17FN2/c1-8-7-9(5-6-10(8)12)11(13-2)14(3)4/h5-7,11,13H,1-4H3. The van der Waals surface area contributed by atoms with Crippen LogP contribution in [-0.4, -0.2) is 26.0 Å². The van der Waals surface area contributed by atoms with Gasteiger partial charge in [0, 0.05) is 0 Å². The van der Waals surface area contributed by atoms with Crippen molar-refractivity contribution in [3.05, 3.63) is 35.1 Å². The van der Waals surface area contributed by atoms with Crippen molar-refractivity contribution in [3.8, 4) is 0 Å². The fourth-order valence-corrected chi connectivity index (χ4v) is 1.56. The van der Waals surface area contributed by atoms with Crippen LogP contribution in [0.5, 0.6) is 0 Å². The first-order valence-corrected chi connectivity index (χ1v) is 4.66. The van der Waals surface area contributed by atoms with Gasteiger partial charge in [0.25, 0.3) is 0 Å². The molecule has 0 amide bonds. The minimum Gasteiger partial charge on any atom is -0.301 e. The molecule has 14 heavy (non-hydrogen) atoms. The van der Waals surface area contributed by atoms with E-state index in [1.54, 1.807) is 6.92 Å². The third-order valence-electron chi connectivity index (χ3n) is 2.29. The van der Waals surface area contributed by atoms with Crippen molar-refractivity contribution in [2.45, 2.75) is 13.1 Å². The molecule has 0 spiro atoms. The van der Waals surface area contributed by atoms with Gasteiger partial charge >= 0.3 is 0 Å². The number of halogens is 1. The maximum absolute atomic E-state index is 13.0. The summed E-state index contributed by atoms with van der Waals surface area (Å²) in [6.07, 6.45) is 0.134. The number of hydrogen-bond donors (Lipinski definition) is 1. The Morgan fingerprint density at radius 3 is 2.43 bits per heavy atom. The zero-order chi connectivity index (χ0) is 10.7. The van der Waals surface area contributed by atoms with Crippen LogP contribution in [0.25, 0.3) is 0 Å². The van der Waals surface area contributed by atoms with Crippen molar-refractivity contribution in [1.29, 1.82) is 0 Å². The van der Waals surface area contributed by atoms with E-state index >= 15 is 0 Å². The maximum Gasteiger partial charge on any atom is 0.126 e. The highest BCUT2D eigenvalue weighted by atomic mass is 19.1. The summed E-state index contributed by atoms with van der Waals surface area (Å²) in [6.45, 7) is 1.78. The van der Waals surface area contributed by atoms with Crippen LogP contribution in [-0.2, 0) is 0 Å². The van der Waals surface area contributed by atoms with Crippen molar-refractivity contribution < 1.29 is 4.39 Å². The fraction of sp³-hybridized carbons (Fsp3) is 0.455. The maximum atomic E-state index is 13.0. The summed E-state index contributed by atoms with van der Waals surface area (Å²) in [4.78, 5) is 2.05. The highest BCUT2D eigenvalue weighted by molar-refractivity contribution is 5.26. The minimum absolute atomic E-state index is 0.134. The van der Waals surface area contributed by atoms with E-state index < -0.39 is 0 Å². The quantitative estimate of drug-likeness (QED) is 0.743. The molecule has 0 aromatic heterocycles. The molecule has 1 N–H and O–H groups in total. The molecule has 0 saturated carbocycles. The minimum atomic E-state index is -0.151. The second-order valence-electron chi connectivity index (χ2n) is 3.66. The summed E-state index contributed by atoms with van der Waals surface area (Å²) < 4.78 is 13.0. The van der Waals surface area contributed by atoms with Gasteiger partial charge in [0.05, 0.1) is 6.17 Å². The lowest BCUT2D eigenvalue weighted by Gasteiger charge is -2.24. The third kappa shape index (κ3) is 2.30. The predicted molar refractivity (Wildman–Crippen MR) is 56.6 cm³/mol. The first kappa shape index (κ1) is 11.1. The van der Waals surface area contributed by atoms with E-state index in [1.165, 1.54) is 6.07 Å². The summed E-state index contributed by atoms with van der Waals surface area (Å²) >= 11 is 0. The number of benzene rings is 1. The van der Waals surface area contributed by atoms with E-state index in [0.29, 0.717) is 5.56 Å². The first-order chi connectivity index (χ1) is 6.56. The van der Waals surface area contributed by atoms with Crippen LogP contribution < -0.4 is 5.32 Å². The highest BCUT2D eigenvalue weighted by Gasteiger charge is 2.11. The Morgan fingerprint density at radius 1 is 1.36 bits per heavy atom. The molecule has 2 nitrogen and oxygen atoms in total. The Bertz CT molecular complexity index is 310. The number of nitrogens with zero attached hydrogens (tertiary/aromatic N) is 1. The van der Waals surface area contributed by atoms with Gasteiger partial charge in [-0.1, -0.05) is 12.1 Å². The van der Waals surface area contributed by atoms with Crippen LogP contribution in [0.2, 0.25) is 0 Å². The van der Waals surface area contributed by atoms with Crippen molar-refractivity contribution in [1.82, 2.24) is 10.2 Å². The molecular formula is C11H17FN2. The van der Waals surface area contributed by atoms with Crippen LogP contribution in [0.1, 0.15) is 17.3 Å². The van der Waals surface area contributed by atoms with Crippen LogP contribution >= 0.6 is 0 Å². The number of hydrogen-bond acceptors (Lipinski definition) is 2. The van der Waals surface area contributed by atoms with Crippen molar-refractivity contribution in [3.63, 3.8) is 0 Å². The fourth-order valence-electron chi connectivity index (χ4n) is 1.56. The largest absolute Gasteiger partial charge is 0.301 e. The second-order valence-corrected chi connectivity index (χ2v) is 3.66. The van der Waals surface area contributed by atoms with E-state index in [1.807, 2.05) is 38.2 Å². The Hall–Kier alpha value is -0.930. The van der Waals surface area contributed by atoms with Crippen molar-refractivity contribution in [2.75, 3.05) is 21.1 Å². The smallest absolute Gasteiger partial charge is 0.126 e. The predicted octanol–water partition coefficient (Wildman–Crippen LogP) is 1.91. The average molecular weight is 196 g/mol. The topological polar surface area (TPSA) is 15.3 Å². The molecule has 0 heterocycles. The van der Waals surface area contributed by atoms with Gasteiger partial charge in [-0.25, -0.2) is 4.39 Å². The third-order valence-corrected chi connectivity index (χ3v) is 2.29. The zero-order valence-corrected chi connectivity index (χ0v) is 9.13. The summed E-state index contributed by atoms with van der Waals surface area (Å²) in [5.41, 5.74) is 1.76. The molecule has 0 radical (unpaired) electrons. The normalized spacial score (nSPS) is 13.3. The Morgan fingerprint density at radius 2 is 2.00 bits per heavy atom. The van der Waals surface area contributed by atoms with Crippen molar-refractivity contribution >= 4 is 0 Å². The summed E-state index contributed by atoms with van der Waals surface area (Å²) in [5, 5.41) is 3.17. The van der Waals surface area contributed by atoms with Gasteiger partial charge in [0.2, 0.25) is 0 Å². The molecule has 78 valence electrons. The highest BCUT2D eigenvalue weighted by Crippen LogP contribution is 2.17. The lowest BCUT2D eigenvalue weighted by atomic mass is 10.1. The molecule has 3 heteroatoms. The van der Waals surface area contributed by atoms with Crippen molar-refractivity contribution in [2.24, 2.45) is 0 Å². The molecule has 1 unspecified atom stereocenters. The van der Waals surface area contributed by atoms with Crippen LogP contribution in [0.3, 0.4) is 0 Å². The summed E-state index contributed by atoms with van der Waals surface area (Å²) in [5.74, 6) is -0.151. The molecule has 0 fully saturated rings. The summed E-state index contributed by atoms with van der Waals surface area (Å²) in [6, 6.07) is 5.19. The number of nitrogens with one attached hydrogen (secondary N) is 1. The molecule has 0 bridgehead atoms. The molecule has 1 aromatic rings. The molecule has 0 aliphatic carbocycles. The number of aryl methyl sites for hydroxylation is 1. The molecule has 1 rings (SSSR count). The summed E-state index contributed by atoms with van der Waals surface area (Å²) in [7, 11) is 5.86. The second kappa shape index (κ2) is 4.53. The van der Waals surface area contributed by atoms with E-state index in [4.69, 9.17) is 0 Å². The SMILES string of the molecule is CNC(c1ccc(F)c(C)c1)N(C)C. The van der Waals surface area contributed by atoms with Gasteiger partial charge in [-0.15, -0.1) is 0 Å². The van der Waals surface area contributed by atoms with Gasteiger partial charge in [-0.2, -0.15) is 0 Å². The molecule has 0 aliphatic heterocycles. The average Bonchev–Trinajstić information content (AvgIpc) is 2.11.